The minimum Gasteiger partial charge on any atom is -0.454 e. The van der Waals surface area contributed by atoms with Crippen molar-refractivity contribution in [3.63, 3.8) is 0 Å². The highest BCUT2D eigenvalue weighted by atomic mass is 16.5. The summed E-state index contributed by atoms with van der Waals surface area (Å²) in [5.41, 5.74) is 0.411. The highest BCUT2D eigenvalue weighted by molar-refractivity contribution is 5.92. The van der Waals surface area contributed by atoms with Crippen LogP contribution in [0.1, 0.15) is 5.82 Å². The van der Waals surface area contributed by atoms with E-state index in [1.807, 2.05) is 24.3 Å². The van der Waals surface area contributed by atoms with Crippen molar-refractivity contribution >= 4 is 28.7 Å². The first-order chi connectivity index (χ1) is 13.3. The molecule has 10 nitrogen and oxygen atoms in total. The molecule has 0 radical (unpaired) electrons. The van der Waals surface area contributed by atoms with Crippen molar-refractivity contribution < 1.29 is 14.3 Å². The number of anilines is 1. The lowest BCUT2D eigenvalue weighted by molar-refractivity contribution is -0.147. The van der Waals surface area contributed by atoms with Gasteiger partial charge in [0, 0.05) is 20.2 Å². The van der Waals surface area contributed by atoms with Crippen molar-refractivity contribution in [3.8, 4) is 0 Å². The Morgan fingerprint density at radius 1 is 1.14 bits per heavy atom. The Balaban J connectivity index is 1.63. The standard InChI is InChI=1S/C18H19N5O5/c1-11-19-12-6-4-5-7-13(12)23(11)9-17(26)28-10-15(24)20-14-8-16(25)22(3)18(27)21(14)2/h4-8H,9-10H2,1-3H3,(H,20,24). The number of ether oxygens (including phenoxy) is 1. The molecule has 1 aromatic carbocycles. The number of amides is 1. The number of aryl methyl sites for hydroxylation is 1. The third-order valence-corrected chi connectivity index (χ3v) is 4.29. The Morgan fingerprint density at radius 3 is 2.61 bits per heavy atom. The van der Waals surface area contributed by atoms with E-state index >= 15 is 0 Å². The molecule has 0 aliphatic carbocycles. The average molecular weight is 385 g/mol. The third kappa shape index (κ3) is 3.70. The molecule has 0 unspecified atom stereocenters. The summed E-state index contributed by atoms with van der Waals surface area (Å²) >= 11 is 0. The van der Waals surface area contributed by atoms with E-state index < -0.39 is 29.7 Å². The zero-order valence-corrected chi connectivity index (χ0v) is 15.6. The van der Waals surface area contributed by atoms with Crippen molar-refractivity contribution in [2.45, 2.75) is 13.5 Å². The van der Waals surface area contributed by atoms with Crippen molar-refractivity contribution in [2.24, 2.45) is 14.1 Å². The minimum absolute atomic E-state index is 0.0191. The van der Waals surface area contributed by atoms with Crippen molar-refractivity contribution in [3.05, 3.63) is 57.0 Å². The van der Waals surface area contributed by atoms with E-state index in [1.165, 1.54) is 14.1 Å². The Morgan fingerprint density at radius 2 is 1.86 bits per heavy atom. The highest BCUT2D eigenvalue weighted by Gasteiger charge is 2.14. The van der Waals surface area contributed by atoms with Gasteiger partial charge in [-0.2, -0.15) is 0 Å². The van der Waals surface area contributed by atoms with E-state index in [0.717, 1.165) is 26.2 Å². The van der Waals surface area contributed by atoms with Crippen LogP contribution in [0.25, 0.3) is 11.0 Å². The molecule has 0 saturated heterocycles. The Hall–Kier alpha value is -3.69. The maximum Gasteiger partial charge on any atom is 0.332 e. The molecule has 28 heavy (non-hydrogen) atoms. The van der Waals surface area contributed by atoms with Gasteiger partial charge < -0.3 is 14.6 Å². The van der Waals surface area contributed by atoms with Crippen LogP contribution in [0.2, 0.25) is 0 Å². The van der Waals surface area contributed by atoms with Crippen LogP contribution in [0.4, 0.5) is 5.82 Å². The first kappa shape index (κ1) is 19.1. The minimum atomic E-state index is -0.663. The molecule has 3 aromatic rings. The molecule has 0 atom stereocenters. The van der Waals surface area contributed by atoms with Gasteiger partial charge in [-0.1, -0.05) is 12.1 Å². The number of fused-ring (bicyclic) bond motifs is 1. The van der Waals surface area contributed by atoms with Crippen LogP contribution in [0.5, 0.6) is 0 Å². The van der Waals surface area contributed by atoms with Crippen LogP contribution < -0.4 is 16.6 Å². The van der Waals surface area contributed by atoms with Crippen LogP contribution in [-0.4, -0.2) is 37.2 Å². The fraction of sp³-hybridized carbons (Fsp3) is 0.278. The number of benzene rings is 1. The Bertz CT molecular complexity index is 1190. The predicted octanol–water partition coefficient (Wildman–Crippen LogP) is -0.0760. The molecule has 0 spiro atoms. The number of hydrogen-bond acceptors (Lipinski definition) is 6. The fourth-order valence-electron chi connectivity index (χ4n) is 2.75. The normalized spacial score (nSPS) is 10.8. The van der Waals surface area contributed by atoms with E-state index in [-0.39, 0.29) is 12.4 Å². The van der Waals surface area contributed by atoms with E-state index in [0.29, 0.717) is 5.82 Å². The number of para-hydroxylation sites is 2. The second-order valence-electron chi connectivity index (χ2n) is 6.21. The number of carbonyl (C=O) groups is 2. The van der Waals surface area contributed by atoms with Gasteiger partial charge >= 0.3 is 11.7 Å². The number of hydrogen-bond donors (Lipinski definition) is 1. The molecule has 0 aliphatic rings. The summed E-state index contributed by atoms with van der Waals surface area (Å²) in [5, 5.41) is 2.39. The van der Waals surface area contributed by atoms with E-state index in [2.05, 4.69) is 10.3 Å². The Labute approximate surface area is 159 Å². The third-order valence-electron chi connectivity index (χ3n) is 4.29. The molecule has 2 aromatic heterocycles. The highest BCUT2D eigenvalue weighted by Crippen LogP contribution is 2.15. The largest absolute Gasteiger partial charge is 0.454 e. The van der Waals surface area contributed by atoms with Gasteiger partial charge in [0.2, 0.25) is 0 Å². The van der Waals surface area contributed by atoms with Gasteiger partial charge in [0.05, 0.1) is 11.0 Å². The summed E-state index contributed by atoms with van der Waals surface area (Å²) < 4.78 is 8.73. The molecule has 0 fully saturated rings. The summed E-state index contributed by atoms with van der Waals surface area (Å²) in [4.78, 5) is 52.0. The maximum absolute atomic E-state index is 12.1. The summed E-state index contributed by atoms with van der Waals surface area (Å²) in [6, 6.07) is 8.49. The lowest BCUT2D eigenvalue weighted by Gasteiger charge is -2.11. The van der Waals surface area contributed by atoms with Gasteiger partial charge in [-0.25, -0.2) is 9.78 Å². The molecule has 1 amide bonds. The molecule has 2 heterocycles. The molecule has 0 bridgehead atoms. The number of nitrogens with zero attached hydrogens (tertiary/aromatic N) is 4. The van der Waals surface area contributed by atoms with Crippen molar-refractivity contribution in [2.75, 3.05) is 11.9 Å². The van der Waals surface area contributed by atoms with Crippen molar-refractivity contribution in [1.82, 2.24) is 18.7 Å². The summed E-state index contributed by atoms with van der Waals surface area (Å²) in [7, 11) is 2.75. The topological polar surface area (TPSA) is 117 Å². The monoisotopic (exact) mass is 385 g/mol. The number of rotatable bonds is 5. The van der Waals surface area contributed by atoms with Crippen LogP contribution in [0.3, 0.4) is 0 Å². The summed E-state index contributed by atoms with van der Waals surface area (Å²) in [5.74, 6) is -0.605. The van der Waals surface area contributed by atoms with E-state index in [9.17, 15) is 19.2 Å². The van der Waals surface area contributed by atoms with Crippen molar-refractivity contribution in [1.29, 1.82) is 0 Å². The number of carbonyl (C=O) groups excluding carboxylic acids is 2. The lowest BCUT2D eigenvalue weighted by atomic mass is 10.3. The molecule has 10 heteroatoms. The predicted molar refractivity (Wildman–Crippen MR) is 101 cm³/mol. The fourth-order valence-corrected chi connectivity index (χ4v) is 2.75. The molecule has 3 rings (SSSR count). The molecular weight excluding hydrogens is 366 g/mol. The molecular formula is C18H19N5O5. The van der Waals surface area contributed by atoms with Gasteiger partial charge in [0.25, 0.3) is 11.5 Å². The summed E-state index contributed by atoms with van der Waals surface area (Å²) in [6.07, 6.45) is 0. The molecule has 146 valence electrons. The zero-order chi connectivity index (χ0) is 20.4. The Kier molecular flexibility index (Phi) is 5.12. The average Bonchev–Trinajstić information content (AvgIpc) is 2.98. The van der Waals surface area contributed by atoms with Gasteiger partial charge in [0.1, 0.15) is 18.2 Å². The van der Waals surface area contributed by atoms with E-state index in [1.54, 1.807) is 11.5 Å². The smallest absolute Gasteiger partial charge is 0.332 e. The maximum atomic E-state index is 12.1. The summed E-state index contributed by atoms with van der Waals surface area (Å²) in [6.45, 7) is 1.13. The SMILES string of the molecule is Cc1nc2ccccc2n1CC(=O)OCC(=O)Nc1cc(=O)n(C)c(=O)n1C. The van der Waals surface area contributed by atoms with Crippen LogP contribution in [-0.2, 0) is 35.0 Å². The van der Waals surface area contributed by atoms with Crippen LogP contribution in [0, 0.1) is 6.92 Å². The zero-order valence-electron chi connectivity index (χ0n) is 15.6. The molecule has 0 saturated carbocycles. The second kappa shape index (κ2) is 7.51. The molecule has 1 N–H and O–H groups in total. The molecule has 0 aliphatic heterocycles. The number of nitrogens with one attached hydrogen (secondary N) is 1. The van der Waals surface area contributed by atoms with Gasteiger partial charge in [-0.15, -0.1) is 0 Å². The van der Waals surface area contributed by atoms with E-state index in [4.69, 9.17) is 4.74 Å². The van der Waals surface area contributed by atoms with Gasteiger partial charge in [-0.05, 0) is 19.1 Å². The van der Waals surface area contributed by atoms with Crippen LogP contribution >= 0.6 is 0 Å². The first-order valence-electron chi connectivity index (χ1n) is 8.42. The van der Waals surface area contributed by atoms with Gasteiger partial charge in [0.15, 0.2) is 6.61 Å². The number of aromatic nitrogens is 4. The van der Waals surface area contributed by atoms with Gasteiger partial charge in [-0.3, -0.25) is 23.5 Å². The second-order valence-corrected chi connectivity index (χ2v) is 6.21. The first-order valence-corrected chi connectivity index (χ1v) is 8.42. The quantitative estimate of drug-likeness (QED) is 0.614. The van der Waals surface area contributed by atoms with Crippen LogP contribution in [0.15, 0.2) is 39.9 Å². The number of imidazole rings is 1. The number of esters is 1. The lowest BCUT2D eigenvalue weighted by Crippen LogP contribution is -2.38.